The maximum absolute atomic E-state index is 14.5. The summed E-state index contributed by atoms with van der Waals surface area (Å²) in [6.07, 6.45) is 0. The number of methoxy groups -OCH3 is 1. The molecule has 2 aromatic carbocycles. The molecule has 3 rings (SSSR count). The third-order valence-electron chi connectivity index (χ3n) is 5.12. The van der Waals surface area contributed by atoms with E-state index >= 15 is 0 Å². The van der Waals surface area contributed by atoms with Crippen LogP contribution in [-0.4, -0.2) is 31.4 Å². The van der Waals surface area contributed by atoms with Crippen molar-refractivity contribution in [1.29, 1.82) is 0 Å². The van der Waals surface area contributed by atoms with Gasteiger partial charge in [-0.3, -0.25) is 0 Å². The van der Waals surface area contributed by atoms with Gasteiger partial charge in [0.25, 0.3) is 0 Å². The smallest absolute Gasteiger partial charge is 0.465 e. The molecule has 1 aliphatic heterocycles. The molecule has 0 saturated carbocycles. The molecule has 0 unspecified atom stereocenters. The van der Waals surface area contributed by atoms with Crippen LogP contribution in [0.5, 0.6) is 0 Å². The fraction of sp³-hybridized carbons (Fsp3) is 0.350. The maximum atomic E-state index is 14.5. The van der Waals surface area contributed by atoms with E-state index in [1.807, 2.05) is 33.8 Å². The average molecular weight is 356 g/mol. The van der Waals surface area contributed by atoms with Crippen molar-refractivity contribution in [2.75, 3.05) is 7.11 Å². The molecule has 2 aromatic rings. The van der Waals surface area contributed by atoms with Crippen LogP contribution < -0.4 is 5.46 Å². The van der Waals surface area contributed by atoms with E-state index in [-0.39, 0.29) is 0 Å². The lowest BCUT2D eigenvalue weighted by atomic mass is 9.77. The standard InChI is InChI=1S/C20H22BFO4/c1-19(2)20(3,4)26-21(25-19)16-12-14(9-10-17(16)22)13-7-6-8-15(11-13)18(23)24-5/h6-12H,1-5H3. The Labute approximate surface area is 153 Å². The van der Waals surface area contributed by atoms with E-state index in [2.05, 4.69) is 0 Å². The number of hydrogen-bond donors (Lipinski definition) is 0. The summed E-state index contributed by atoms with van der Waals surface area (Å²) >= 11 is 0. The van der Waals surface area contributed by atoms with Crippen molar-refractivity contribution in [2.45, 2.75) is 38.9 Å². The van der Waals surface area contributed by atoms with Crippen LogP contribution in [0.2, 0.25) is 0 Å². The van der Waals surface area contributed by atoms with Crippen LogP contribution in [0.1, 0.15) is 38.1 Å². The largest absolute Gasteiger partial charge is 0.497 e. The highest BCUT2D eigenvalue weighted by molar-refractivity contribution is 6.62. The molecular formula is C20H22BFO4. The maximum Gasteiger partial charge on any atom is 0.497 e. The Kier molecular flexibility index (Phi) is 4.67. The summed E-state index contributed by atoms with van der Waals surface area (Å²) < 4.78 is 31.2. The Morgan fingerprint density at radius 2 is 1.62 bits per heavy atom. The Balaban J connectivity index is 1.98. The van der Waals surface area contributed by atoms with Gasteiger partial charge in [-0.05, 0) is 57.0 Å². The third-order valence-corrected chi connectivity index (χ3v) is 5.12. The van der Waals surface area contributed by atoms with Crippen LogP contribution in [0.4, 0.5) is 4.39 Å². The summed E-state index contributed by atoms with van der Waals surface area (Å²) in [7, 11) is 0.548. The van der Waals surface area contributed by atoms with Crippen LogP contribution in [0.15, 0.2) is 42.5 Å². The van der Waals surface area contributed by atoms with Crippen LogP contribution >= 0.6 is 0 Å². The fourth-order valence-electron chi connectivity index (χ4n) is 2.82. The molecule has 136 valence electrons. The summed E-state index contributed by atoms with van der Waals surface area (Å²) in [4.78, 5) is 11.7. The van der Waals surface area contributed by atoms with E-state index < -0.39 is 30.1 Å². The number of benzene rings is 2. The molecule has 1 saturated heterocycles. The molecule has 0 amide bonds. The minimum absolute atomic E-state index is 0.338. The summed E-state index contributed by atoms with van der Waals surface area (Å²) in [5.41, 5.74) is 1.22. The van der Waals surface area contributed by atoms with Gasteiger partial charge >= 0.3 is 13.1 Å². The van der Waals surface area contributed by atoms with E-state index in [0.717, 1.165) is 11.1 Å². The van der Waals surface area contributed by atoms with E-state index in [1.54, 1.807) is 30.3 Å². The molecule has 0 aromatic heterocycles. The zero-order valence-corrected chi connectivity index (χ0v) is 15.6. The number of carbonyl (C=O) groups is 1. The molecule has 0 N–H and O–H groups in total. The number of halogens is 1. The minimum Gasteiger partial charge on any atom is -0.465 e. The van der Waals surface area contributed by atoms with Gasteiger partial charge < -0.3 is 14.0 Å². The van der Waals surface area contributed by atoms with E-state index in [0.29, 0.717) is 11.0 Å². The van der Waals surface area contributed by atoms with Gasteiger partial charge in [-0.1, -0.05) is 24.3 Å². The first kappa shape index (κ1) is 18.6. The molecule has 6 heteroatoms. The zero-order chi connectivity index (χ0) is 19.1. The first-order chi connectivity index (χ1) is 12.1. The molecule has 1 aliphatic rings. The molecule has 0 radical (unpaired) electrons. The van der Waals surface area contributed by atoms with E-state index in [9.17, 15) is 9.18 Å². The topological polar surface area (TPSA) is 44.8 Å². The third kappa shape index (κ3) is 3.27. The van der Waals surface area contributed by atoms with Crippen LogP contribution in [0.25, 0.3) is 11.1 Å². The molecule has 26 heavy (non-hydrogen) atoms. The zero-order valence-electron chi connectivity index (χ0n) is 15.6. The van der Waals surface area contributed by atoms with Gasteiger partial charge in [0.1, 0.15) is 5.82 Å². The summed E-state index contributed by atoms with van der Waals surface area (Å²) in [5, 5.41) is 0. The molecule has 1 heterocycles. The van der Waals surface area contributed by atoms with Crippen molar-refractivity contribution < 1.29 is 23.2 Å². The second kappa shape index (κ2) is 6.52. The average Bonchev–Trinajstić information content (AvgIpc) is 2.82. The van der Waals surface area contributed by atoms with Gasteiger partial charge in [0.2, 0.25) is 0 Å². The second-order valence-corrected chi connectivity index (χ2v) is 7.40. The summed E-state index contributed by atoms with van der Waals surface area (Å²) in [5.74, 6) is -0.809. The van der Waals surface area contributed by atoms with Crippen molar-refractivity contribution in [3.63, 3.8) is 0 Å². The molecule has 4 nitrogen and oxygen atoms in total. The van der Waals surface area contributed by atoms with Crippen molar-refractivity contribution in [2.24, 2.45) is 0 Å². The van der Waals surface area contributed by atoms with E-state index in [1.165, 1.54) is 13.2 Å². The van der Waals surface area contributed by atoms with Crippen molar-refractivity contribution in [3.05, 3.63) is 53.8 Å². The monoisotopic (exact) mass is 356 g/mol. The summed E-state index contributed by atoms with van der Waals surface area (Å²) in [6.45, 7) is 7.70. The molecule has 0 atom stereocenters. The van der Waals surface area contributed by atoms with Gasteiger partial charge in [0, 0.05) is 5.46 Å². The Hall–Kier alpha value is -2.18. The lowest BCUT2D eigenvalue weighted by molar-refractivity contribution is 0.00578. The fourth-order valence-corrected chi connectivity index (χ4v) is 2.82. The molecular weight excluding hydrogens is 334 g/mol. The summed E-state index contributed by atoms with van der Waals surface area (Å²) in [6, 6.07) is 11.8. The number of ether oxygens (including phenoxy) is 1. The highest BCUT2D eigenvalue weighted by Gasteiger charge is 2.52. The number of hydrogen-bond acceptors (Lipinski definition) is 4. The quantitative estimate of drug-likeness (QED) is 0.623. The van der Waals surface area contributed by atoms with Gasteiger partial charge in [-0.15, -0.1) is 0 Å². The van der Waals surface area contributed by atoms with Crippen LogP contribution in [0.3, 0.4) is 0 Å². The Bertz CT molecular complexity index is 831. The number of carbonyl (C=O) groups excluding carboxylic acids is 1. The predicted octanol–water partition coefficient (Wildman–Crippen LogP) is 3.58. The highest BCUT2D eigenvalue weighted by Crippen LogP contribution is 2.37. The van der Waals surface area contributed by atoms with Gasteiger partial charge in [-0.2, -0.15) is 0 Å². The van der Waals surface area contributed by atoms with Crippen molar-refractivity contribution in [3.8, 4) is 11.1 Å². The normalized spacial score (nSPS) is 18.0. The molecule has 1 fully saturated rings. The van der Waals surface area contributed by atoms with Crippen molar-refractivity contribution in [1.82, 2.24) is 0 Å². The SMILES string of the molecule is COC(=O)c1cccc(-c2ccc(F)c(B3OC(C)(C)C(C)(C)O3)c2)c1. The highest BCUT2D eigenvalue weighted by atomic mass is 19.1. The minimum atomic E-state index is -0.788. The lowest BCUT2D eigenvalue weighted by Gasteiger charge is -2.32. The van der Waals surface area contributed by atoms with Crippen molar-refractivity contribution >= 4 is 18.6 Å². The lowest BCUT2D eigenvalue weighted by Crippen LogP contribution is -2.41. The second-order valence-electron chi connectivity index (χ2n) is 7.40. The van der Waals surface area contributed by atoms with Gasteiger partial charge in [0.15, 0.2) is 0 Å². The molecule has 0 aliphatic carbocycles. The predicted molar refractivity (Wildman–Crippen MR) is 98.9 cm³/mol. The van der Waals surface area contributed by atoms with Crippen LogP contribution in [0, 0.1) is 5.82 Å². The van der Waals surface area contributed by atoms with Crippen LogP contribution in [-0.2, 0) is 14.0 Å². The van der Waals surface area contributed by atoms with E-state index in [4.69, 9.17) is 14.0 Å². The Morgan fingerprint density at radius 3 is 2.23 bits per heavy atom. The van der Waals surface area contributed by atoms with Gasteiger partial charge in [-0.25, -0.2) is 9.18 Å². The number of esters is 1. The molecule has 0 bridgehead atoms. The first-order valence-corrected chi connectivity index (χ1v) is 8.48. The Morgan fingerprint density at radius 1 is 1.00 bits per heavy atom. The molecule has 0 spiro atoms. The first-order valence-electron chi connectivity index (χ1n) is 8.48. The van der Waals surface area contributed by atoms with Gasteiger partial charge in [0.05, 0.1) is 23.9 Å². The number of rotatable bonds is 3.